The second-order valence-electron chi connectivity index (χ2n) is 6.25. The van der Waals surface area contributed by atoms with E-state index in [1.54, 1.807) is 24.3 Å². The molecule has 0 radical (unpaired) electrons. The standard InChI is InChI=1S/C23H22ClNO2/c24-22-11-5-4-10-20(22)17-27-21-14-12-19(13-15-21)23(26)25-16-6-9-18-7-2-1-3-8-18/h1-5,7-8,10-15H,6,9,16-17H2,(H,25,26). The molecule has 0 aliphatic carbocycles. The highest BCUT2D eigenvalue weighted by atomic mass is 35.5. The fourth-order valence-electron chi connectivity index (χ4n) is 2.72. The van der Waals surface area contributed by atoms with E-state index >= 15 is 0 Å². The first-order valence-electron chi connectivity index (χ1n) is 9.01. The maximum atomic E-state index is 12.2. The molecule has 0 bridgehead atoms. The van der Waals surface area contributed by atoms with Crippen LogP contribution in [0.1, 0.15) is 27.9 Å². The molecular formula is C23H22ClNO2. The van der Waals surface area contributed by atoms with Crippen LogP contribution in [0, 0.1) is 0 Å². The van der Waals surface area contributed by atoms with Gasteiger partial charge in [0, 0.05) is 22.7 Å². The zero-order valence-electron chi connectivity index (χ0n) is 15.0. The maximum absolute atomic E-state index is 12.2. The predicted molar refractivity (Wildman–Crippen MR) is 109 cm³/mol. The number of hydrogen-bond acceptors (Lipinski definition) is 2. The van der Waals surface area contributed by atoms with Gasteiger partial charge >= 0.3 is 0 Å². The van der Waals surface area contributed by atoms with E-state index in [0.29, 0.717) is 29.5 Å². The summed E-state index contributed by atoms with van der Waals surface area (Å²) in [7, 11) is 0. The predicted octanol–water partition coefficient (Wildman–Crippen LogP) is 5.28. The smallest absolute Gasteiger partial charge is 0.251 e. The first kappa shape index (κ1) is 19.0. The lowest BCUT2D eigenvalue weighted by atomic mass is 10.1. The van der Waals surface area contributed by atoms with Gasteiger partial charge in [-0.3, -0.25) is 4.79 Å². The van der Waals surface area contributed by atoms with E-state index in [2.05, 4.69) is 17.4 Å². The third kappa shape index (κ3) is 5.87. The van der Waals surface area contributed by atoms with Crippen LogP contribution >= 0.6 is 11.6 Å². The van der Waals surface area contributed by atoms with Crippen LogP contribution in [-0.2, 0) is 13.0 Å². The van der Waals surface area contributed by atoms with Crippen LogP contribution < -0.4 is 10.1 Å². The van der Waals surface area contributed by atoms with Gasteiger partial charge in [0.15, 0.2) is 0 Å². The summed E-state index contributed by atoms with van der Waals surface area (Å²) in [6.07, 6.45) is 1.87. The Hall–Kier alpha value is -2.78. The summed E-state index contributed by atoms with van der Waals surface area (Å²) in [5, 5.41) is 3.64. The average Bonchev–Trinajstić information content (AvgIpc) is 2.72. The van der Waals surface area contributed by atoms with Gasteiger partial charge in [-0.25, -0.2) is 0 Å². The van der Waals surface area contributed by atoms with Gasteiger partial charge in [0.25, 0.3) is 5.91 Å². The van der Waals surface area contributed by atoms with Crippen molar-refractivity contribution in [3.8, 4) is 5.75 Å². The van der Waals surface area contributed by atoms with E-state index in [-0.39, 0.29) is 5.91 Å². The van der Waals surface area contributed by atoms with Gasteiger partial charge in [0.1, 0.15) is 12.4 Å². The van der Waals surface area contributed by atoms with Gasteiger partial charge in [-0.15, -0.1) is 0 Å². The number of nitrogens with one attached hydrogen (secondary N) is 1. The fourth-order valence-corrected chi connectivity index (χ4v) is 2.91. The molecule has 0 atom stereocenters. The van der Waals surface area contributed by atoms with E-state index in [0.717, 1.165) is 18.4 Å². The van der Waals surface area contributed by atoms with E-state index in [1.807, 2.05) is 42.5 Å². The molecule has 3 rings (SSSR count). The second-order valence-corrected chi connectivity index (χ2v) is 6.66. The van der Waals surface area contributed by atoms with Crippen LogP contribution in [0.2, 0.25) is 5.02 Å². The Morgan fingerprint density at radius 2 is 1.59 bits per heavy atom. The molecule has 3 aromatic rings. The van der Waals surface area contributed by atoms with E-state index < -0.39 is 0 Å². The molecule has 0 spiro atoms. The molecule has 138 valence electrons. The summed E-state index contributed by atoms with van der Waals surface area (Å²) in [6.45, 7) is 1.04. The SMILES string of the molecule is O=C(NCCCc1ccccc1)c1ccc(OCc2ccccc2Cl)cc1. The van der Waals surface area contributed by atoms with E-state index in [4.69, 9.17) is 16.3 Å². The number of hydrogen-bond donors (Lipinski definition) is 1. The molecule has 3 aromatic carbocycles. The van der Waals surface area contributed by atoms with Gasteiger partial charge in [-0.05, 0) is 48.7 Å². The molecule has 0 saturated carbocycles. The molecule has 0 aliphatic rings. The zero-order chi connectivity index (χ0) is 18.9. The molecule has 0 fully saturated rings. The number of benzene rings is 3. The Kier molecular flexibility index (Phi) is 6.89. The van der Waals surface area contributed by atoms with Crippen LogP contribution in [0.25, 0.3) is 0 Å². The van der Waals surface area contributed by atoms with Crippen molar-refractivity contribution in [1.82, 2.24) is 5.32 Å². The first-order valence-corrected chi connectivity index (χ1v) is 9.38. The van der Waals surface area contributed by atoms with Crippen molar-refractivity contribution in [2.24, 2.45) is 0 Å². The van der Waals surface area contributed by atoms with Gasteiger partial charge in [0.2, 0.25) is 0 Å². The number of aryl methyl sites for hydroxylation is 1. The van der Waals surface area contributed by atoms with Gasteiger partial charge in [-0.1, -0.05) is 60.1 Å². The molecular weight excluding hydrogens is 358 g/mol. The first-order chi connectivity index (χ1) is 13.2. The maximum Gasteiger partial charge on any atom is 0.251 e. The van der Waals surface area contributed by atoms with Crippen LogP contribution in [0.5, 0.6) is 5.75 Å². The molecule has 27 heavy (non-hydrogen) atoms. The van der Waals surface area contributed by atoms with Crippen molar-refractivity contribution < 1.29 is 9.53 Å². The minimum Gasteiger partial charge on any atom is -0.489 e. The Morgan fingerprint density at radius 1 is 0.889 bits per heavy atom. The zero-order valence-corrected chi connectivity index (χ0v) is 15.8. The summed E-state index contributed by atoms with van der Waals surface area (Å²) >= 11 is 6.12. The van der Waals surface area contributed by atoms with Gasteiger partial charge in [-0.2, -0.15) is 0 Å². The minimum atomic E-state index is -0.0688. The van der Waals surface area contributed by atoms with Gasteiger partial charge < -0.3 is 10.1 Å². The van der Waals surface area contributed by atoms with Crippen LogP contribution in [0.15, 0.2) is 78.9 Å². The van der Waals surface area contributed by atoms with Crippen molar-refractivity contribution in [3.05, 3.63) is 101 Å². The van der Waals surface area contributed by atoms with Crippen molar-refractivity contribution in [1.29, 1.82) is 0 Å². The summed E-state index contributed by atoms with van der Waals surface area (Å²) < 4.78 is 5.74. The van der Waals surface area contributed by atoms with Crippen molar-refractivity contribution in [3.63, 3.8) is 0 Å². The lowest BCUT2D eigenvalue weighted by molar-refractivity contribution is 0.0953. The van der Waals surface area contributed by atoms with Crippen molar-refractivity contribution in [2.75, 3.05) is 6.54 Å². The van der Waals surface area contributed by atoms with Crippen molar-refractivity contribution >= 4 is 17.5 Å². The molecule has 3 nitrogen and oxygen atoms in total. The van der Waals surface area contributed by atoms with Crippen LogP contribution in [0.4, 0.5) is 0 Å². The number of ether oxygens (including phenoxy) is 1. The summed E-state index contributed by atoms with van der Waals surface area (Å²) in [6, 6.07) is 25.0. The van der Waals surface area contributed by atoms with Gasteiger partial charge in [0.05, 0.1) is 0 Å². The Balaban J connectivity index is 1.43. The summed E-state index contributed by atoms with van der Waals surface area (Å²) in [4.78, 5) is 12.2. The van der Waals surface area contributed by atoms with Crippen LogP contribution in [-0.4, -0.2) is 12.5 Å². The Bertz CT molecular complexity index is 863. The Labute approximate surface area is 164 Å². The second kappa shape index (κ2) is 9.79. The molecule has 4 heteroatoms. The third-order valence-corrected chi connectivity index (χ3v) is 4.61. The number of amides is 1. The molecule has 0 aliphatic heterocycles. The molecule has 0 saturated heterocycles. The largest absolute Gasteiger partial charge is 0.489 e. The molecule has 0 unspecified atom stereocenters. The lowest BCUT2D eigenvalue weighted by Crippen LogP contribution is -2.24. The summed E-state index contributed by atoms with van der Waals surface area (Å²) in [5.74, 6) is 0.635. The number of carbonyl (C=O) groups excluding carboxylic acids is 1. The highest BCUT2D eigenvalue weighted by molar-refractivity contribution is 6.31. The summed E-state index contributed by atoms with van der Waals surface area (Å²) in [5.41, 5.74) is 2.84. The van der Waals surface area contributed by atoms with E-state index in [9.17, 15) is 4.79 Å². The van der Waals surface area contributed by atoms with E-state index in [1.165, 1.54) is 5.56 Å². The molecule has 0 heterocycles. The number of carbonyl (C=O) groups is 1. The normalized spacial score (nSPS) is 10.4. The van der Waals surface area contributed by atoms with Crippen LogP contribution in [0.3, 0.4) is 0 Å². The topological polar surface area (TPSA) is 38.3 Å². The molecule has 0 aromatic heterocycles. The fraction of sp³-hybridized carbons (Fsp3) is 0.174. The minimum absolute atomic E-state index is 0.0688. The highest BCUT2D eigenvalue weighted by Crippen LogP contribution is 2.19. The number of halogens is 1. The average molecular weight is 380 g/mol. The Morgan fingerprint density at radius 3 is 2.33 bits per heavy atom. The number of rotatable bonds is 8. The molecule has 1 amide bonds. The lowest BCUT2D eigenvalue weighted by Gasteiger charge is -2.09. The monoisotopic (exact) mass is 379 g/mol. The quantitative estimate of drug-likeness (QED) is 0.540. The third-order valence-electron chi connectivity index (χ3n) is 4.24. The molecule has 1 N–H and O–H groups in total. The highest BCUT2D eigenvalue weighted by Gasteiger charge is 2.06. The van der Waals surface area contributed by atoms with Crippen molar-refractivity contribution in [2.45, 2.75) is 19.4 Å².